The molecule has 0 aliphatic rings. The third-order valence-corrected chi connectivity index (χ3v) is 2.58. The summed E-state index contributed by atoms with van der Waals surface area (Å²) in [5.41, 5.74) is 0.349. The van der Waals surface area contributed by atoms with Crippen molar-refractivity contribution in [2.75, 3.05) is 0 Å². The summed E-state index contributed by atoms with van der Waals surface area (Å²) in [7, 11) is -4.22. The Kier molecular flexibility index (Phi) is 3.21. The Morgan fingerprint density at radius 1 is 1.36 bits per heavy atom. The highest BCUT2D eigenvalue weighted by Gasteiger charge is 2.13. The maximum atomic E-state index is 10.9. The first kappa shape index (κ1) is 10.7. The number of hydrogen-bond acceptors (Lipinski definition) is 3. The minimum absolute atomic E-state index is 0.0689. The van der Waals surface area contributed by atoms with Gasteiger partial charge in [0.1, 0.15) is 0 Å². The zero-order chi connectivity index (χ0) is 10.6. The van der Waals surface area contributed by atoms with E-state index in [1.165, 1.54) is 18.2 Å². The Bertz CT molecular complexity index is 427. The fraction of sp³-hybridized carbons (Fsp3) is 0.125. The van der Waals surface area contributed by atoms with Crippen LogP contribution in [0.1, 0.15) is 5.56 Å². The van der Waals surface area contributed by atoms with Gasteiger partial charge in [0.05, 0.1) is 4.90 Å². The third kappa shape index (κ3) is 2.54. The van der Waals surface area contributed by atoms with Crippen LogP contribution in [0.5, 0.6) is 0 Å². The van der Waals surface area contributed by atoms with E-state index in [9.17, 15) is 13.2 Å². The molecule has 0 saturated heterocycles. The molecule has 2 N–H and O–H groups in total. The minimum atomic E-state index is -4.22. The summed E-state index contributed by atoms with van der Waals surface area (Å²) in [6.07, 6.45) is 0.459. The van der Waals surface area contributed by atoms with Gasteiger partial charge in [-0.2, -0.15) is 8.42 Å². The zero-order valence-electron chi connectivity index (χ0n) is 7.17. The Morgan fingerprint density at radius 3 is 2.57 bits per heavy atom. The van der Waals surface area contributed by atoms with Crippen molar-refractivity contribution in [2.45, 2.75) is 11.4 Å². The van der Waals surface area contributed by atoms with E-state index in [1.54, 1.807) is 6.07 Å². The Labute approximate surface area is 81.5 Å². The van der Waals surface area contributed by atoms with E-state index >= 15 is 0 Å². The van der Waals surface area contributed by atoms with Gasteiger partial charge in [-0.05, 0) is 11.6 Å². The lowest BCUT2D eigenvalue weighted by Gasteiger charge is -2.04. The van der Waals surface area contributed by atoms with Crippen LogP contribution < -0.4 is 5.32 Å². The first-order valence-corrected chi connectivity index (χ1v) is 5.22. The molecule has 76 valence electrons. The van der Waals surface area contributed by atoms with E-state index in [1.807, 2.05) is 0 Å². The van der Waals surface area contributed by atoms with E-state index in [0.29, 0.717) is 12.0 Å². The number of benzene rings is 1. The highest BCUT2D eigenvalue weighted by Crippen LogP contribution is 2.14. The summed E-state index contributed by atoms with van der Waals surface area (Å²) in [5.74, 6) is 0. The predicted octanol–water partition coefficient (Wildman–Crippen LogP) is 0.179. The molecule has 1 aromatic rings. The second kappa shape index (κ2) is 4.21. The van der Waals surface area contributed by atoms with Gasteiger partial charge in [-0.3, -0.25) is 9.35 Å². The summed E-state index contributed by atoms with van der Waals surface area (Å²) >= 11 is 0. The number of amides is 1. The van der Waals surface area contributed by atoms with Gasteiger partial charge in [0.25, 0.3) is 10.1 Å². The topological polar surface area (TPSA) is 83.5 Å². The van der Waals surface area contributed by atoms with Crippen LogP contribution in [-0.2, 0) is 21.5 Å². The number of carbonyl (C=O) groups is 1. The average Bonchev–Trinajstić information content (AvgIpc) is 2.14. The molecule has 1 aromatic carbocycles. The van der Waals surface area contributed by atoms with Crippen molar-refractivity contribution in [1.29, 1.82) is 0 Å². The fourth-order valence-electron chi connectivity index (χ4n) is 1.05. The van der Waals surface area contributed by atoms with Crippen molar-refractivity contribution in [2.24, 2.45) is 0 Å². The molecule has 6 heteroatoms. The van der Waals surface area contributed by atoms with Crippen LogP contribution in [0.15, 0.2) is 29.2 Å². The number of rotatable bonds is 4. The molecule has 0 aliphatic heterocycles. The normalized spacial score (nSPS) is 10.9. The molecule has 0 fully saturated rings. The van der Waals surface area contributed by atoms with Crippen LogP contribution in [0, 0.1) is 0 Å². The van der Waals surface area contributed by atoms with Gasteiger partial charge in [0.15, 0.2) is 0 Å². The van der Waals surface area contributed by atoms with Crippen LogP contribution in [0.4, 0.5) is 0 Å². The molecule has 14 heavy (non-hydrogen) atoms. The average molecular weight is 215 g/mol. The number of nitrogens with one attached hydrogen (secondary N) is 1. The van der Waals surface area contributed by atoms with Gasteiger partial charge >= 0.3 is 0 Å². The molecule has 0 bridgehead atoms. The van der Waals surface area contributed by atoms with Gasteiger partial charge in [-0.25, -0.2) is 0 Å². The quantitative estimate of drug-likeness (QED) is 0.554. The summed E-state index contributed by atoms with van der Waals surface area (Å²) in [5, 5.41) is 2.32. The summed E-state index contributed by atoms with van der Waals surface area (Å²) < 4.78 is 30.5. The monoisotopic (exact) mass is 215 g/mol. The van der Waals surface area contributed by atoms with Crippen molar-refractivity contribution in [3.05, 3.63) is 29.8 Å². The van der Waals surface area contributed by atoms with Crippen molar-refractivity contribution in [3.8, 4) is 0 Å². The lowest BCUT2D eigenvalue weighted by atomic mass is 10.2. The fourth-order valence-corrected chi connectivity index (χ4v) is 1.78. The summed E-state index contributed by atoms with van der Waals surface area (Å²) in [6.45, 7) is 0.0689. The van der Waals surface area contributed by atoms with Crippen molar-refractivity contribution < 1.29 is 17.8 Å². The highest BCUT2D eigenvalue weighted by molar-refractivity contribution is 7.85. The van der Waals surface area contributed by atoms with Crippen molar-refractivity contribution in [1.82, 2.24) is 5.32 Å². The van der Waals surface area contributed by atoms with Crippen LogP contribution >= 0.6 is 0 Å². The lowest BCUT2D eigenvalue weighted by molar-refractivity contribution is -0.109. The van der Waals surface area contributed by atoms with Gasteiger partial charge in [-0.15, -0.1) is 0 Å². The highest BCUT2D eigenvalue weighted by atomic mass is 32.2. The molecule has 0 unspecified atom stereocenters. The van der Waals surface area contributed by atoms with Gasteiger partial charge < -0.3 is 5.32 Å². The zero-order valence-corrected chi connectivity index (χ0v) is 7.99. The van der Waals surface area contributed by atoms with E-state index in [-0.39, 0.29) is 11.4 Å². The van der Waals surface area contributed by atoms with Gasteiger partial charge in [0.2, 0.25) is 6.41 Å². The van der Waals surface area contributed by atoms with Gasteiger partial charge in [-0.1, -0.05) is 18.2 Å². The molecule has 0 atom stereocenters. The second-order valence-corrected chi connectivity index (χ2v) is 3.97. The van der Waals surface area contributed by atoms with Crippen molar-refractivity contribution >= 4 is 16.5 Å². The molecule has 1 rings (SSSR count). The molecular formula is C8H9NO4S. The van der Waals surface area contributed by atoms with E-state index in [2.05, 4.69) is 5.32 Å². The molecular weight excluding hydrogens is 206 g/mol. The summed E-state index contributed by atoms with van der Waals surface area (Å²) in [4.78, 5) is 9.83. The largest absolute Gasteiger partial charge is 0.355 e. The minimum Gasteiger partial charge on any atom is -0.355 e. The Balaban J connectivity index is 3.10. The van der Waals surface area contributed by atoms with Crippen LogP contribution in [0.3, 0.4) is 0 Å². The second-order valence-electron chi connectivity index (χ2n) is 2.58. The van der Waals surface area contributed by atoms with Crippen LogP contribution in [0.2, 0.25) is 0 Å². The van der Waals surface area contributed by atoms with Crippen LogP contribution in [0.25, 0.3) is 0 Å². The van der Waals surface area contributed by atoms with Crippen LogP contribution in [-0.4, -0.2) is 19.4 Å². The van der Waals surface area contributed by atoms with E-state index < -0.39 is 10.1 Å². The molecule has 0 radical (unpaired) electrons. The maximum absolute atomic E-state index is 10.9. The molecule has 0 spiro atoms. The first-order chi connectivity index (χ1) is 6.55. The van der Waals surface area contributed by atoms with E-state index in [4.69, 9.17) is 4.55 Å². The smallest absolute Gasteiger partial charge is 0.294 e. The first-order valence-electron chi connectivity index (χ1n) is 3.78. The van der Waals surface area contributed by atoms with Crippen molar-refractivity contribution in [3.63, 3.8) is 0 Å². The number of hydrogen-bond donors (Lipinski definition) is 2. The van der Waals surface area contributed by atoms with Gasteiger partial charge in [0, 0.05) is 6.54 Å². The molecule has 5 nitrogen and oxygen atoms in total. The maximum Gasteiger partial charge on any atom is 0.294 e. The SMILES string of the molecule is O=CNCc1ccccc1S(=O)(=O)O. The summed E-state index contributed by atoms with van der Waals surface area (Å²) in [6, 6.07) is 5.90. The number of carbonyl (C=O) groups excluding carboxylic acids is 1. The standard InChI is InChI=1S/C8H9NO4S/c10-6-9-5-7-3-1-2-4-8(7)14(11,12)13/h1-4,6H,5H2,(H,9,10)(H,11,12,13). The Hall–Kier alpha value is -1.40. The Morgan fingerprint density at radius 2 is 2.00 bits per heavy atom. The third-order valence-electron chi connectivity index (χ3n) is 1.63. The molecule has 0 aromatic heterocycles. The molecule has 0 saturated carbocycles. The van der Waals surface area contributed by atoms with E-state index in [0.717, 1.165) is 0 Å². The predicted molar refractivity (Wildman–Crippen MR) is 49.2 cm³/mol. The molecule has 0 aliphatic carbocycles. The lowest BCUT2D eigenvalue weighted by Crippen LogP contribution is -2.13. The molecule has 0 heterocycles. The molecule has 1 amide bonds.